The highest BCUT2D eigenvalue weighted by Crippen LogP contribution is 2.25. The number of benzene rings is 1. The second kappa shape index (κ2) is 5.36. The molecule has 0 saturated carbocycles. The lowest BCUT2D eigenvalue weighted by molar-refractivity contribution is 0.249. The highest BCUT2D eigenvalue weighted by Gasteiger charge is 2.00. The predicted octanol–water partition coefficient (Wildman–Crippen LogP) is -0.000600. The monoisotopic (exact) mass is 183 g/mol. The van der Waals surface area contributed by atoms with Gasteiger partial charge in [0.1, 0.15) is 0 Å². The summed E-state index contributed by atoms with van der Waals surface area (Å²) in [6.07, 6.45) is 0. The minimum atomic E-state index is 0.275. The van der Waals surface area contributed by atoms with Crippen LogP contribution in [-0.2, 0) is 0 Å². The lowest BCUT2D eigenvalue weighted by Gasteiger charge is -2.09. The normalized spacial score (nSPS) is 9.69. The Morgan fingerprint density at radius 1 is 1.31 bits per heavy atom. The highest BCUT2D eigenvalue weighted by molar-refractivity contribution is 5.39. The zero-order chi connectivity index (χ0) is 9.52. The Morgan fingerprint density at radius 3 is 2.62 bits per heavy atom. The van der Waals surface area contributed by atoms with E-state index in [4.69, 9.17) is 15.3 Å². The average molecular weight is 183 g/mol. The molecule has 0 atom stereocenters. The van der Waals surface area contributed by atoms with Crippen molar-refractivity contribution in [2.45, 2.75) is 0 Å². The van der Waals surface area contributed by atoms with Crippen molar-refractivity contribution in [2.24, 2.45) is 5.84 Å². The van der Waals surface area contributed by atoms with Crippen LogP contribution < -0.4 is 26.3 Å². The first kappa shape index (κ1) is 9.79. The van der Waals surface area contributed by atoms with Gasteiger partial charge in [0.25, 0.3) is 0 Å². The van der Waals surface area contributed by atoms with Crippen molar-refractivity contribution in [3.63, 3.8) is 0 Å². The van der Waals surface area contributed by atoms with Crippen LogP contribution in [0.1, 0.15) is 0 Å². The summed E-state index contributed by atoms with van der Waals surface area (Å²) in [5.41, 5.74) is 4.86. The zero-order valence-corrected chi connectivity index (χ0v) is 7.41. The Labute approximate surface area is 76.8 Å². The topological polar surface area (TPSA) is 68.5 Å². The van der Waals surface area contributed by atoms with Crippen LogP contribution >= 0.6 is 0 Å². The first-order valence-electron chi connectivity index (χ1n) is 3.82. The summed E-state index contributed by atoms with van der Waals surface area (Å²) in [7, 11) is 1.59. The Morgan fingerprint density at radius 2 is 2.00 bits per heavy atom. The van der Waals surface area contributed by atoms with Gasteiger partial charge in [-0.3, -0.25) is 5.84 Å². The van der Waals surface area contributed by atoms with Gasteiger partial charge in [0.05, 0.1) is 7.11 Å². The second-order valence-electron chi connectivity index (χ2n) is 2.26. The summed E-state index contributed by atoms with van der Waals surface area (Å²) in [6, 6.07) is 7.39. The average Bonchev–Trinajstić information content (AvgIpc) is 2.19. The number of nitrogens with one attached hydrogen (secondary N) is 2. The number of hydrogen-bond acceptors (Lipinski definition) is 5. The van der Waals surface area contributed by atoms with E-state index >= 15 is 0 Å². The van der Waals surface area contributed by atoms with E-state index in [2.05, 4.69) is 11.0 Å². The van der Waals surface area contributed by atoms with Crippen LogP contribution in [0.4, 0.5) is 0 Å². The summed E-state index contributed by atoms with van der Waals surface area (Å²) in [5.74, 6) is 6.36. The number of rotatable bonds is 5. The van der Waals surface area contributed by atoms with Crippen molar-refractivity contribution in [3.8, 4) is 11.5 Å². The fraction of sp³-hybridized carbons (Fsp3) is 0.250. The molecular formula is C8H13N3O2. The van der Waals surface area contributed by atoms with Gasteiger partial charge in [-0.05, 0) is 12.1 Å². The van der Waals surface area contributed by atoms with E-state index in [0.29, 0.717) is 11.5 Å². The molecule has 5 heteroatoms. The SMILES string of the molecule is COc1ccccc1OCNNN. The minimum absolute atomic E-state index is 0.275. The molecule has 0 unspecified atom stereocenters. The van der Waals surface area contributed by atoms with Crippen LogP contribution in [0.2, 0.25) is 0 Å². The van der Waals surface area contributed by atoms with E-state index in [9.17, 15) is 0 Å². The first-order chi connectivity index (χ1) is 6.38. The van der Waals surface area contributed by atoms with Gasteiger partial charge in [0, 0.05) is 0 Å². The predicted molar refractivity (Wildman–Crippen MR) is 48.9 cm³/mol. The molecule has 0 spiro atoms. The van der Waals surface area contributed by atoms with Gasteiger partial charge in [-0.1, -0.05) is 12.1 Å². The lowest BCUT2D eigenvalue weighted by Crippen LogP contribution is -2.40. The van der Waals surface area contributed by atoms with Crippen molar-refractivity contribution >= 4 is 0 Å². The first-order valence-corrected chi connectivity index (χ1v) is 3.82. The number of methoxy groups -OCH3 is 1. The number of ether oxygens (including phenoxy) is 2. The molecule has 0 amide bonds. The molecule has 0 heterocycles. The summed E-state index contributed by atoms with van der Waals surface area (Å²) >= 11 is 0. The molecule has 1 aromatic carbocycles. The molecule has 13 heavy (non-hydrogen) atoms. The second-order valence-corrected chi connectivity index (χ2v) is 2.26. The minimum Gasteiger partial charge on any atom is -0.493 e. The van der Waals surface area contributed by atoms with Crippen LogP contribution in [0.25, 0.3) is 0 Å². The van der Waals surface area contributed by atoms with Crippen LogP contribution in [0.3, 0.4) is 0 Å². The van der Waals surface area contributed by atoms with Gasteiger partial charge < -0.3 is 9.47 Å². The van der Waals surface area contributed by atoms with Gasteiger partial charge in [-0.15, -0.1) is 0 Å². The third kappa shape index (κ3) is 2.90. The molecule has 0 aromatic heterocycles. The molecule has 0 aliphatic rings. The van der Waals surface area contributed by atoms with Crippen molar-refractivity contribution in [3.05, 3.63) is 24.3 Å². The molecule has 0 saturated heterocycles. The Hall–Kier alpha value is -1.30. The highest BCUT2D eigenvalue weighted by atomic mass is 16.5. The molecule has 0 bridgehead atoms. The molecular weight excluding hydrogens is 170 g/mol. The zero-order valence-electron chi connectivity index (χ0n) is 7.41. The molecule has 4 N–H and O–H groups in total. The maximum Gasteiger partial charge on any atom is 0.163 e. The maximum atomic E-state index is 5.29. The Bertz CT molecular complexity index is 255. The van der Waals surface area contributed by atoms with Crippen molar-refractivity contribution in [1.82, 2.24) is 11.0 Å². The van der Waals surface area contributed by atoms with Gasteiger partial charge in [0.15, 0.2) is 18.2 Å². The maximum absolute atomic E-state index is 5.29. The smallest absolute Gasteiger partial charge is 0.163 e. The van der Waals surface area contributed by atoms with Crippen molar-refractivity contribution in [1.29, 1.82) is 0 Å². The largest absolute Gasteiger partial charge is 0.493 e. The number of nitrogens with two attached hydrogens (primary N) is 1. The van der Waals surface area contributed by atoms with Gasteiger partial charge in [0.2, 0.25) is 0 Å². The molecule has 1 aromatic rings. The van der Waals surface area contributed by atoms with Crippen molar-refractivity contribution in [2.75, 3.05) is 13.8 Å². The van der Waals surface area contributed by atoms with Gasteiger partial charge >= 0.3 is 0 Å². The summed E-state index contributed by atoms with van der Waals surface area (Å²) in [4.78, 5) is 0. The molecule has 5 nitrogen and oxygen atoms in total. The molecule has 0 radical (unpaired) electrons. The molecule has 0 fully saturated rings. The molecule has 0 aliphatic carbocycles. The molecule has 0 aliphatic heterocycles. The van der Waals surface area contributed by atoms with E-state index in [1.807, 2.05) is 24.3 Å². The summed E-state index contributed by atoms with van der Waals surface area (Å²) in [5, 5.41) is 0. The van der Waals surface area contributed by atoms with Crippen LogP contribution in [0.5, 0.6) is 11.5 Å². The third-order valence-corrected chi connectivity index (χ3v) is 1.47. The Kier molecular flexibility index (Phi) is 4.04. The Balaban J connectivity index is 2.54. The summed E-state index contributed by atoms with van der Waals surface area (Å²) < 4.78 is 10.4. The number of hydrogen-bond donors (Lipinski definition) is 3. The van der Waals surface area contributed by atoms with E-state index in [-0.39, 0.29) is 6.73 Å². The standard InChI is InChI=1S/C8H13N3O2/c1-12-7-4-2-3-5-8(7)13-6-10-11-9/h2-5,10-11H,6,9H2,1H3. The van der Waals surface area contributed by atoms with Gasteiger partial charge in [-0.25, -0.2) is 5.43 Å². The van der Waals surface area contributed by atoms with E-state index in [1.54, 1.807) is 7.11 Å². The fourth-order valence-corrected chi connectivity index (χ4v) is 0.894. The van der Waals surface area contributed by atoms with Crippen LogP contribution in [0.15, 0.2) is 24.3 Å². The van der Waals surface area contributed by atoms with Gasteiger partial charge in [-0.2, -0.15) is 5.53 Å². The van der Waals surface area contributed by atoms with Crippen LogP contribution in [-0.4, -0.2) is 13.8 Å². The summed E-state index contributed by atoms with van der Waals surface area (Å²) in [6.45, 7) is 0.275. The number of hydrazine groups is 2. The van der Waals surface area contributed by atoms with Crippen molar-refractivity contribution < 1.29 is 9.47 Å². The third-order valence-electron chi connectivity index (χ3n) is 1.47. The van der Waals surface area contributed by atoms with E-state index in [0.717, 1.165) is 0 Å². The van der Waals surface area contributed by atoms with E-state index < -0.39 is 0 Å². The number of para-hydroxylation sites is 2. The lowest BCUT2D eigenvalue weighted by atomic mass is 10.3. The fourth-order valence-electron chi connectivity index (χ4n) is 0.894. The molecule has 1 rings (SSSR count). The van der Waals surface area contributed by atoms with E-state index in [1.165, 1.54) is 0 Å². The quantitative estimate of drug-likeness (QED) is 0.259. The molecule has 72 valence electrons. The van der Waals surface area contributed by atoms with Crippen LogP contribution in [0, 0.1) is 0 Å².